The lowest BCUT2D eigenvalue weighted by atomic mass is 9.99. The minimum atomic E-state index is -4.96. The molecule has 3 N–H and O–H groups in total. The van der Waals surface area contributed by atoms with E-state index in [-0.39, 0.29) is 25.7 Å². The minimum absolute atomic E-state index is 0.105. The van der Waals surface area contributed by atoms with Gasteiger partial charge in [0, 0.05) is 25.7 Å². The average Bonchev–Trinajstić information content (AvgIpc) is 1.11. The highest BCUT2D eigenvalue weighted by Crippen LogP contribution is 2.45. The third-order valence-electron chi connectivity index (χ3n) is 19.3. The fourth-order valence-corrected chi connectivity index (χ4v) is 13.8. The molecule has 19 heteroatoms. The van der Waals surface area contributed by atoms with Gasteiger partial charge in [0.25, 0.3) is 0 Å². The Morgan fingerprint density at radius 2 is 0.485 bits per heavy atom. The maximum Gasteiger partial charge on any atom is 0.472 e. The van der Waals surface area contributed by atoms with E-state index < -0.39 is 97.5 Å². The van der Waals surface area contributed by atoms with Gasteiger partial charge in [0.15, 0.2) is 12.2 Å². The monoisotopic (exact) mass is 1450 g/mol. The van der Waals surface area contributed by atoms with E-state index in [1.807, 2.05) is 0 Å². The van der Waals surface area contributed by atoms with E-state index in [2.05, 4.69) is 55.4 Å². The summed E-state index contributed by atoms with van der Waals surface area (Å²) in [4.78, 5) is 73.0. The summed E-state index contributed by atoms with van der Waals surface area (Å²) in [7, 11) is -9.92. The van der Waals surface area contributed by atoms with Crippen LogP contribution in [0, 0.1) is 23.7 Å². The van der Waals surface area contributed by atoms with Crippen LogP contribution >= 0.6 is 15.6 Å². The molecule has 0 fully saturated rings. The molecule has 0 rings (SSSR count). The smallest absolute Gasteiger partial charge is 0.462 e. The predicted molar refractivity (Wildman–Crippen MR) is 404 cm³/mol. The number of aliphatic hydroxyl groups is 1. The third kappa shape index (κ3) is 71.5. The number of ether oxygens (including phenoxy) is 4. The summed E-state index contributed by atoms with van der Waals surface area (Å²) in [6.45, 7) is 14.3. The van der Waals surface area contributed by atoms with Crippen molar-refractivity contribution in [2.45, 2.75) is 427 Å². The molecule has 0 radical (unpaired) electrons. The molecule has 7 atom stereocenters. The number of carbonyl (C=O) groups excluding carboxylic acids is 4. The first-order valence-corrected chi connectivity index (χ1v) is 44.3. The lowest BCUT2D eigenvalue weighted by molar-refractivity contribution is -0.161. The Morgan fingerprint density at radius 3 is 0.717 bits per heavy atom. The maximum atomic E-state index is 13.1. The van der Waals surface area contributed by atoms with Gasteiger partial charge in [-0.2, -0.15) is 0 Å². The highest BCUT2D eigenvalue weighted by Gasteiger charge is 2.30. The van der Waals surface area contributed by atoms with Gasteiger partial charge in [-0.1, -0.05) is 357 Å². The second-order valence-electron chi connectivity index (χ2n) is 30.2. The fraction of sp³-hybridized carbons (Fsp3) is 0.950. The molecular formula is C80H156O17P2. The van der Waals surface area contributed by atoms with E-state index in [1.54, 1.807) is 0 Å². The number of carbonyl (C=O) groups is 4. The van der Waals surface area contributed by atoms with Crippen LogP contribution in [0.2, 0.25) is 0 Å². The lowest BCUT2D eigenvalue weighted by Crippen LogP contribution is -2.30. The second-order valence-corrected chi connectivity index (χ2v) is 33.1. The van der Waals surface area contributed by atoms with Crippen molar-refractivity contribution in [1.29, 1.82) is 0 Å². The van der Waals surface area contributed by atoms with Gasteiger partial charge in [0.05, 0.1) is 26.4 Å². The summed E-state index contributed by atoms with van der Waals surface area (Å²) < 4.78 is 68.6. The molecule has 0 saturated heterocycles. The Kier molecular flexibility index (Phi) is 67.8. The molecule has 0 aliphatic carbocycles. The van der Waals surface area contributed by atoms with Crippen LogP contribution in [0.25, 0.3) is 0 Å². The zero-order valence-corrected chi connectivity index (χ0v) is 66.9. The molecular weight excluding hydrogens is 1290 g/mol. The van der Waals surface area contributed by atoms with Crippen molar-refractivity contribution in [2.75, 3.05) is 39.6 Å². The summed E-state index contributed by atoms with van der Waals surface area (Å²) in [5.74, 6) is 1.02. The van der Waals surface area contributed by atoms with E-state index in [4.69, 9.17) is 37.0 Å². The Morgan fingerprint density at radius 1 is 0.283 bits per heavy atom. The molecule has 0 heterocycles. The topological polar surface area (TPSA) is 237 Å². The Balaban J connectivity index is 5.20. The summed E-state index contributed by atoms with van der Waals surface area (Å²) in [6.07, 6.45) is 55.5. The molecule has 0 aromatic heterocycles. The van der Waals surface area contributed by atoms with E-state index in [0.717, 1.165) is 114 Å². The van der Waals surface area contributed by atoms with Crippen LogP contribution in [0.15, 0.2) is 0 Å². The van der Waals surface area contributed by atoms with Crippen LogP contribution in [0.5, 0.6) is 0 Å². The molecule has 17 nitrogen and oxygen atoms in total. The Labute approximate surface area is 607 Å². The van der Waals surface area contributed by atoms with Crippen molar-refractivity contribution in [3.8, 4) is 0 Å². The van der Waals surface area contributed by atoms with E-state index in [1.165, 1.54) is 205 Å². The van der Waals surface area contributed by atoms with Crippen LogP contribution in [0.3, 0.4) is 0 Å². The van der Waals surface area contributed by atoms with Gasteiger partial charge in [0.2, 0.25) is 0 Å². The highest BCUT2D eigenvalue weighted by molar-refractivity contribution is 7.47. The van der Waals surface area contributed by atoms with Gasteiger partial charge in [-0.15, -0.1) is 0 Å². The van der Waals surface area contributed by atoms with Gasteiger partial charge >= 0.3 is 39.5 Å². The zero-order chi connectivity index (χ0) is 73.1. The van der Waals surface area contributed by atoms with Crippen molar-refractivity contribution in [3.63, 3.8) is 0 Å². The number of hydrogen-bond acceptors (Lipinski definition) is 15. The number of aliphatic hydroxyl groups excluding tert-OH is 1. The average molecular weight is 1450 g/mol. The van der Waals surface area contributed by atoms with Crippen LogP contribution in [0.1, 0.15) is 409 Å². The van der Waals surface area contributed by atoms with Gasteiger partial charge in [0.1, 0.15) is 19.3 Å². The number of esters is 4. The first-order chi connectivity index (χ1) is 47.7. The Bertz CT molecular complexity index is 1940. The second kappa shape index (κ2) is 69.1. The Hall–Kier alpha value is -1.94. The van der Waals surface area contributed by atoms with Gasteiger partial charge in [-0.05, 0) is 49.4 Å². The van der Waals surface area contributed by atoms with Crippen LogP contribution in [-0.4, -0.2) is 96.7 Å². The van der Waals surface area contributed by atoms with Crippen molar-refractivity contribution < 1.29 is 80.2 Å². The normalized spacial score (nSPS) is 14.6. The first kappa shape index (κ1) is 97.1. The third-order valence-corrected chi connectivity index (χ3v) is 21.2. The standard InChI is InChI=1S/C80H156O17P2/c1-9-72(7)58-50-42-34-26-22-18-15-16-20-24-28-37-46-54-62-79(84)96-76(67-91-78(83)61-53-45-39-31-33-41-49-57-71(5)6)69-95-99(88,89)93-65-74(81)64-92-98(86,87)94-68-75(97-80(85)63-55-47-38-30-29-35-43-51-59-73(8)10-2)66-90-77(82)60-52-44-36-27-23-19-14-12-11-13-17-21-25-32-40-48-56-70(3)4/h70-76,81H,9-69H2,1-8H3,(H,86,87)(H,88,89)/t72?,73?,74?,75-,76-/m1/s1. The van der Waals surface area contributed by atoms with Crippen LogP contribution in [0.4, 0.5) is 0 Å². The quantitative estimate of drug-likeness (QED) is 0.0222. The molecule has 0 saturated carbocycles. The predicted octanol–water partition coefficient (Wildman–Crippen LogP) is 23.6. The number of unbranched alkanes of at least 4 members (excludes halogenated alkanes) is 41. The fourth-order valence-electron chi connectivity index (χ4n) is 12.2. The molecule has 0 spiro atoms. The number of hydrogen-bond donors (Lipinski definition) is 3. The molecule has 0 bridgehead atoms. The van der Waals surface area contributed by atoms with Crippen molar-refractivity contribution in [2.24, 2.45) is 23.7 Å². The minimum Gasteiger partial charge on any atom is -0.462 e. The van der Waals surface area contributed by atoms with Crippen LogP contribution in [-0.2, 0) is 65.4 Å². The summed E-state index contributed by atoms with van der Waals surface area (Å²) >= 11 is 0. The lowest BCUT2D eigenvalue weighted by Gasteiger charge is -2.21. The molecule has 588 valence electrons. The number of phosphoric ester groups is 2. The van der Waals surface area contributed by atoms with Crippen LogP contribution < -0.4 is 0 Å². The SMILES string of the molecule is CCC(C)CCCCCCCCCCCCCCCCC(=O)O[C@H](COC(=O)CCCCCCCCCC(C)C)COP(=O)(O)OCC(O)COP(=O)(O)OC[C@@H](COC(=O)CCCCCCCCCCCCCCCCCCC(C)C)OC(=O)CCCCCCCCCCC(C)CC. The van der Waals surface area contributed by atoms with Gasteiger partial charge in [-0.25, -0.2) is 9.13 Å². The van der Waals surface area contributed by atoms with Gasteiger partial charge in [-0.3, -0.25) is 37.3 Å². The molecule has 0 aromatic carbocycles. The van der Waals surface area contributed by atoms with Gasteiger partial charge < -0.3 is 33.8 Å². The molecule has 0 amide bonds. The first-order valence-electron chi connectivity index (χ1n) is 41.3. The summed E-state index contributed by atoms with van der Waals surface area (Å²) in [6, 6.07) is 0. The van der Waals surface area contributed by atoms with E-state index in [9.17, 15) is 43.2 Å². The zero-order valence-electron chi connectivity index (χ0n) is 65.1. The molecule has 99 heavy (non-hydrogen) atoms. The summed E-state index contributed by atoms with van der Waals surface area (Å²) in [5.41, 5.74) is 0. The molecule has 0 aliphatic rings. The molecule has 5 unspecified atom stereocenters. The van der Waals surface area contributed by atoms with Crippen molar-refractivity contribution in [1.82, 2.24) is 0 Å². The number of phosphoric acid groups is 2. The largest absolute Gasteiger partial charge is 0.472 e. The van der Waals surface area contributed by atoms with E-state index in [0.29, 0.717) is 31.6 Å². The summed E-state index contributed by atoms with van der Waals surface area (Å²) in [5, 5.41) is 10.6. The van der Waals surface area contributed by atoms with Crippen molar-refractivity contribution in [3.05, 3.63) is 0 Å². The highest BCUT2D eigenvalue weighted by atomic mass is 31.2. The maximum absolute atomic E-state index is 13.1. The number of rotatable bonds is 77. The molecule has 0 aromatic rings. The van der Waals surface area contributed by atoms with Crippen molar-refractivity contribution >= 4 is 39.5 Å². The van der Waals surface area contributed by atoms with E-state index >= 15 is 0 Å². The molecule has 0 aliphatic heterocycles.